The van der Waals surface area contributed by atoms with Gasteiger partial charge in [-0.2, -0.15) is 0 Å². The molecule has 1 atom stereocenters. The number of esters is 1. The third-order valence-electron chi connectivity index (χ3n) is 3.19. The molecule has 0 aromatic carbocycles. The number of carboxylic acid groups (broad SMARTS) is 1. The summed E-state index contributed by atoms with van der Waals surface area (Å²) >= 11 is 0. The van der Waals surface area contributed by atoms with Gasteiger partial charge in [0, 0.05) is 12.8 Å². The second-order valence-electron chi connectivity index (χ2n) is 5.19. The van der Waals surface area contributed by atoms with E-state index in [1.54, 1.807) is 31.2 Å². The van der Waals surface area contributed by atoms with Gasteiger partial charge in [-0.1, -0.05) is 38.2 Å². The second kappa shape index (κ2) is 12.9. The Morgan fingerprint density at radius 3 is 1.76 bits per heavy atom. The largest absolute Gasteiger partial charge is 0.480 e. The molecule has 0 aliphatic heterocycles. The van der Waals surface area contributed by atoms with Crippen molar-refractivity contribution in [3.8, 4) is 0 Å². The number of nitrogens with zero attached hydrogens (tertiary/aromatic N) is 1. The Morgan fingerprint density at radius 1 is 0.920 bits per heavy atom. The molecule has 1 N–H and O–H groups in total. The number of ether oxygens (including phenoxy) is 1. The minimum Gasteiger partial charge on any atom is -0.480 e. The minimum absolute atomic E-state index is 0.0888. The summed E-state index contributed by atoms with van der Waals surface area (Å²) in [6.07, 6.45) is 7.29. The first kappa shape index (κ1) is 22.6. The van der Waals surface area contributed by atoms with Crippen LogP contribution < -0.4 is 0 Å². The van der Waals surface area contributed by atoms with Crippen molar-refractivity contribution in [1.29, 1.82) is 0 Å². The monoisotopic (exact) mass is 353 g/mol. The Labute approximate surface area is 148 Å². The maximum Gasteiger partial charge on any atom is 0.327 e. The summed E-state index contributed by atoms with van der Waals surface area (Å²) in [7, 11) is 0. The average Bonchev–Trinajstić information content (AvgIpc) is 2.54. The lowest BCUT2D eigenvalue weighted by atomic mass is 10.1. The molecule has 7 nitrogen and oxygen atoms in total. The highest BCUT2D eigenvalue weighted by Crippen LogP contribution is 2.12. The molecule has 0 rings (SSSR count). The quantitative estimate of drug-likeness (QED) is 0.452. The Balaban J connectivity index is 5.46. The van der Waals surface area contributed by atoms with Crippen molar-refractivity contribution in [1.82, 2.24) is 4.90 Å². The highest BCUT2D eigenvalue weighted by atomic mass is 16.5. The van der Waals surface area contributed by atoms with Gasteiger partial charge in [0.1, 0.15) is 6.04 Å². The number of imide groups is 1. The minimum atomic E-state index is -1.58. The number of carboxylic acids is 1. The average molecular weight is 353 g/mol. The molecule has 140 valence electrons. The first-order valence-corrected chi connectivity index (χ1v) is 8.42. The molecule has 0 aromatic heterocycles. The van der Waals surface area contributed by atoms with Crippen molar-refractivity contribution >= 4 is 23.8 Å². The standard InChI is InChI=1S/C18H27NO6/c1-4-7-9-11-15(20)19(16(21)12-10-8-5-2)14(18(23)24)13-17(22)25-6-3/h7-10,14H,4-6,11-13H2,1-3H3,(H,23,24)/b9-7+,10-8+. The molecule has 0 saturated carbocycles. The highest BCUT2D eigenvalue weighted by Gasteiger charge is 2.35. The number of carbonyl (C=O) groups excluding carboxylic acids is 3. The molecule has 0 aliphatic rings. The number of allylic oxidation sites excluding steroid dienone is 2. The summed E-state index contributed by atoms with van der Waals surface area (Å²) in [4.78, 5) is 48.7. The van der Waals surface area contributed by atoms with Gasteiger partial charge in [0.25, 0.3) is 0 Å². The van der Waals surface area contributed by atoms with E-state index in [1.807, 2.05) is 13.8 Å². The molecule has 25 heavy (non-hydrogen) atoms. The van der Waals surface area contributed by atoms with Crippen LogP contribution in [-0.2, 0) is 23.9 Å². The number of aliphatic carboxylic acids is 1. The van der Waals surface area contributed by atoms with E-state index >= 15 is 0 Å². The number of carbonyl (C=O) groups is 4. The van der Waals surface area contributed by atoms with Crippen LogP contribution in [0.5, 0.6) is 0 Å². The SMILES string of the molecule is CC/C=C/CC(=O)N(C(=O)C/C=C/CC)C(CC(=O)OCC)C(=O)O. The zero-order chi connectivity index (χ0) is 19.2. The summed E-state index contributed by atoms with van der Waals surface area (Å²) in [6.45, 7) is 5.46. The summed E-state index contributed by atoms with van der Waals surface area (Å²) in [5.41, 5.74) is 0. The normalized spacial score (nSPS) is 12.3. The summed E-state index contributed by atoms with van der Waals surface area (Å²) in [6, 6.07) is -1.58. The second-order valence-corrected chi connectivity index (χ2v) is 5.19. The summed E-state index contributed by atoms with van der Waals surface area (Å²) < 4.78 is 4.75. The van der Waals surface area contributed by atoms with E-state index < -0.39 is 36.2 Å². The molecule has 0 aromatic rings. The Hall–Kier alpha value is -2.44. The van der Waals surface area contributed by atoms with Crippen LogP contribution in [-0.4, -0.2) is 46.4 Å². The lowest BCUT2D eigenvalue weighted by molar-refractivity contribution is -0.161. The number of hydrogen-bond donors (Lipinski definition) is 1. The van der Waals surface area contributed by atoms with Crippen LogP contribution in [0.1, 0.15) is 52.9 Å². The van der Waals surface area contributed by atoms with Gasteiger partial charge < -0.3 is 9.84 Å². The zero-order valence-electron chi connectivity index (χ0n) is 15.1. The molecule has 2 amide bonds. The predicted octanol–water partition coefficient (Wildman–Crippen LogP) is 2.46. The molecule has 0 heterocycles. The molecular weight excluding hydrogens is 326 g/mol. The fraction of sp³-hybridized carbons (Fsp3) is 0.556. The molecule has 1 unspecified atom stereocenters. The van der Waals surface area contributed by atoms with Gasteiger partial charge in [-0.25, -0.2) is 4.79 Å². The molecular formula is C18H27NO6. The van der Waals surface area contributed by atoms with E-state index in [0.29, 0.717) is 17.7 Å². The van der Waals surface area contributed by atoms with Crippen LogP contribution in [0.15, 0.2) is 24.3 Å². The van der Waals surface area contributed by atoms with Crippen molar-refractivity contribution in [2.75, 3.05) is 6.61 Å². The van der Waals surface area contributed by atoms with Crippen LogP contribution in [0.3, 0.4) is 0 Å². The van der Waals surface area contributed by atoms with E-state index in [4.69, 9.17) is 4.74 Å². The summed E-state index contributed by atoms with van der Waals surface area (Å²) in [5, 5.41) is 9.41. The topological polar surface area (TPSA) is 101 Å². The first-order valence-electron chi connectivity index (χ1n) is 8.42. The van der Waals surface area contributed by atoms with E-state index in [9.17, 15) is 24.3 Å². The smallest absolute Gasteiger partial charge is 0.327 e. The van der Waals surface area contributed by atoms with Crippen LogP contribution in [0.4, 0.5) is 0 Å². The van der Waals surface area contributed by atoms with Crippen molar-refractivity contribution < 1.29 is 29.0 Å². The Kier molecular flexibility index (Phi) is 11.7. The highest BCUT2D eigenvalue weighted by molar-refractivity contribution is 6.01. The van der Waals surface area contributed by atoms with Crippen molar-refractivity contribution in [2.24, 2.45) is 0 Å². The molecule has 0 spiro atoms. The molecule has 0 fully saturated rings. The van der Waals surface area contributed by atoms with E-state index in [2.05, 4.69) is 0 Å². The third kappa shape index (κ3) is 8.83. The van der Waals surface area contributed by atoms with Crippen LogP contribution in [0.2, 0.25) is 0 Å². The maximum atomic E-state index is 12.4. The molecule has 0 bridgehead atoms. The third-order valence-corrected chi connectivity index (χ3v) is 3.19. The molecule has 0 saturated heterocycles. The van der Waals surface area contributed by atoms with Crippen molar-refractivity contribution in [2.45, 2.75) is 58.9 Å². The van der Waals surface area contributed by atoms with Crippen LogP contribution in [0.25, 0.3) is 0 Å². The Bertz CT molecular complexity index is 496. The fourth-order valence-electron chi connectivity index (χ4n) is 2.05. The van der Waals surface area contributed by atoms with Crippen LogP contribution >= 0.6 is 0 Å². The summed E-state index contributed by atoms with van der Waals surface area (Å²) in [5.74, 6) is -3.50. The van der Waals surface area contributed by atoms with E-state index in [-0.39, 0.29) is 19.4 Å². The number of hydrogen-bond acceptors (Lipinski definition) is 5. The lowest BCUT2D eigenvalue weighted by Crippen LogP contribution is -2.49. The zero-order valence-corrected chi connectivity index (χ0v) is 15.1. The fourth-order valence-corrected chi connectivity index (χ4v) is 2.05. The van der Waals surface area contributed by atoms with Gasteiger partial charge in [-0.05, 0) is 19.8 Å². The molecule has 0 aliphatic carbocycles. The van der Waals surface area contributed by atoms with Crippen LogP contribution in [0, 0.1) is 0 Å². The molecule has 0 radical (unpaired) electrons. The number of rotatable bonds is 11. The van der Waals surface area contributed by atoms with Gasteiger partial charge in [-0.3, -0.25) is 19.3 Å². The van der Waals surface area contributed by atoms with Gasteiger partial charge in [0.05, 0.1) is 13.0 Å². The maximum absolute atomic E-state index is 12.4. The number of amides is 2. The molecule has 7 heteroatoms. The lowest BCUT2D eigenvalue weighted by Gasteiger charge is -2.26. The van der Waals surface area contributed by atoms with Crippen molar-refractivity contribution in [3.63, 3.8) is 0 Å². The van der Waals surface area contributed by atoms with Gasteiger partial charge in [0.15, 0.2) is 0 Å². The predicted molar refractivity (Wildman–Crippen MR) is 92.6 cm³/mol. The van der Waals surface area contributed by atoms with Gasteiger partial charge >= 0.3 is 11.9 Å². The Morgan fingerprint density at radius 2 is 1.40 bits per heavy atom. The van der Waals surface area contributed by atoms with E-state index in [0.717, 1.165) is 0 Å². The van der Waals surface area contributed by atoms with Gasteiger partial charge in [0.2, 0.25) is 11.8 Å². The van der Waals surface area contributed by atoms with Crippen molar-refractivity contribution in [3.05, 3.63) is 24.3 Å². The first-order chi connectivity index (χ1) is 11.9. The van der Waals surface area contributed by atoms with Gasteiger partial charge in [-0.15, -0.1) is 0 Å². The van der Waals surface area contributed by atoms with E-state index in [1.165, 1.54) is 0 Å².